The Morgan fingerprint density at radius 3 is 2.79 bits per heavy atom. The highest BCUT2D eigenvalue weighted by molar-refractivity contribution is 7.22. The van der Waals surface area contributed by atoms with E-state index in [2.05, 4.69) is 15.3 Å². The van der Waals surface area contributed by atoms with Gasteiger partial charge in [-0.3, -0.25) is 4.79 Å². The number of aromatic nitrogens is 3. The monoisotopic (exact) mass is 492 g/mol. The molecule has 2 bridgehead atoms. The Labute approximate surface area is 198 Å². The molecule has 0 amide bonds. The summed E-state index contributed by atoms with van der Waals surface area (Å²) in [6, 6.07) is -0.445. The first-order valence-electron chi connectivity index (χ1n) is 11.2. The molecule has 182 valence electrons. The number of rotatable bonds is 5. The molecule has 2 N–H and O–H groups in total. The molecule has 5 rings (SSSR count). The van der Waals surface area contributed by atoms with Crippen molar-refractivity contribution in [3.05, 3.63) is 39.4 Å². The SMILES string of the molecule is Cc1c(-c2nc(N[C@@H]3C[C@H]4CO[C@H](O4)[C@H]3O)ncc2C(F)F)sc2c(C(C)C)cn(C)c(=O)c12. The van der Waals surface area contributed by atoms with Crippen molar-refractivity contribution >= 4 is 27.4 Å². The number of alkyl halides is 2. The molecule has 0 aromatic carbocycles. The van der Waals surface area contributed by atoms with Gasteiger partial charge in [0.2, 0.25) is 5.95 Å². The van der Waals surface area contributed by atoms with Crippen molar-refractivity contribution in [3.63, 3.8) is 0 Å². The van der Waals surface area contributed by atoms with E-state index in [-0.39, 0.29) is 34.8 Å². The minimum atomic E-state index is -2.79. The molecule has 3 aromatic rings. The molecule has 2 aliphatic heterocycles. The highest BCUT2D eigenvalue weighted by atomic mass is 32.1. The quantitative estimate of drug-likeness (QED) is 0.560. The maximum atomic E-state index is 14.0. The van der Waals surface area contributed by atoms with Gasteiger partial charge in [-0.1, -0.05) is 13.8 Å². The average molecular weight is 493 g/mol. The van der Waals surface area contributed by atoms with Crippen LogP contribution in [0.5, 0.6) is 0 Å². The van der Waals surface area contributed by atoms with Crippen LogP contribution in [0.15, 0.2) is 17.2 Å². The van der Waals surface area contributed by atoms with Crippen LogP contribution in [-0.2, 0) is 16.5 Å². The van der Waals surface area contributed by atoms with E-state index in [1.807, 2.05) is 13.8 Å². The van der Waals surface area contributed by atoms with Crippen molar-refractivity contribution in [1.82, 2.24) is 14.5 Å². The highest BCUT2D eigenvalue weighted by Gasteiger charge is 2.43. The number of halogens is 2. The van der Waals surface area contributed by atoms with Crippen molar-refractivity contribution in [2.75, 3.05) is 11.9 Å². The normalized spacial score (nSPS) is 24.5. The number of nitrogens with one attached hydrogen (secondary N) is 1. The van der Waals surface area contributed by atoms with Gasteiger partial charge in [-0.2, -0.15) is 0 Å². The maximum Gasteiger partial charge on any atom is 0.267 e. The molecule has 5 heterocycles. The lowest BCUT2D eigenvalue weighted by atomic mass is 10.0. The lowest BCUT2D eigenvalue weighted by Crippen LogP contribution is -2.48. The topological polar surface area (TPSA) is 98.5 Å². The van der Waals surface area contributed by atoms with Crippen LogP contribution in [0.2, 0.25) is 0 Å². The fourth-order valence-corrected chi connectivity index (χ4v) is 6.08. The van der Waals surface area contributed by atoms with Gasteiger partial charge in [0, 0.05) is 24.1 Å². The number of nitrogens with zero attached hydrogens (tertiary/aromatic N) is 3. The molecule has 0 unspecified atom stereocenters. The molecule has 2 fully saturated rings. The van der Waals surface area contributed by atoms with Crippen LogP contribution in [0.3, 0.4) is 0 Å². The molecule has 2 aliphatic rings. The molecule has 4 atom stereocenters. The van der Waals surface area contributed by atoms with Crippen LogP contribution >= 0.6 is 11.3 Å². The summed E-state index contributed by atoms with van der Waals surface area (Å²) < 4.78 is 41.2. The Balaban J connectivity index is 1.62. The van der Waals surface area contributed by atoms with Crippen LogP contribution in [0.25, 0.3) is 20.7 Å². The smallest absolute Gasteiger partial charge is 0.267 e. The van der Waals surface area contributed by atoms with E-state index in [1.54, 1.807) is 20.2 Å². The van der Waals surface area contributed by atoms with E-state index in [9.17, 15) is 18.7 Å². The van der Waals surface area contributed by atoms with Gasteiger partial charge in [0.15, 0.2) is 6.29 Å². The standard InChI is InChI=1S/C23H26F2N4O4S/c1-9(2)13-7-29(4)21(31)15-10(3)18(34-19(13)15)16-12(20(24)25)6-26-23(28-16)27-14-5-11-8-32-22(33-11)17(14)30/h6-7,9,11,14,17,20,22,30H,5,8H2,1-4H3,(H,26,27,28)/t11-,14+,17-,22+/m0/s1. The molecular formula is C23H26F2N4O4S. The van der Waals surface area contributed by atoms with Gasteiger partial charge in [-0.05, 0) is 30.4 Å². The van der Waals surface area contributed by atoms with Gasteiger partial charge >= 0.3 is 0 Å². The zero-order valence-electron chi connectivity index (χ0n) is 19.2. The van der Waals surface area contributed by atoms with Crippen molar-refractivity contribution in [2.45, 2.75) is 64.1 Å². The van der Waals surface area contributed by atoms with Crippen molar-refractivity contribution in [3.8, 4) is 10.6 Å². The number of hydrogen-bond acceptors (Lipinski definition) is 8. The van der Waals surface area contributed by atoms with E-state index >= 15 is 0 Å². The lowest BCUT2D eigenvalue weighted by molar-refractivity contribution is -0.156. The van der Waals surface area contributed by atoms with Crippen LogP contribution < -0.4 is 10.9 Å². The van der Waals surface area contributed by atoms with Crippen molar-refractivity contribution in [2.24, 2.45) is 7.05 Å². The van der Waals surface area contributed by atoms with Gasteiger partial charge in [-0.15, -0.1) is 11.3 Å². The first kappa shape index (κ1) is 23.3. The predicted octanol–water partition coefficient (Wildman–Crippen LogP) is 3.71. The van der Waals surface area contributed by atoms with Gasteiger partial charge < -0.3 is 24.5 Å². The summed E-state index contributed by atoms with van der Waals surface area (Å²) in [5, 5.41) is 14.1. The Hall–Kier alpha value is -2.47. The predicted molar refractivity (Wildman–Crippen MR) is 125 cm³/mol. The Morgan fingerprint density at radius 2 is 2.09 bits per heavy atom. The average Bonchev–Trinajstić information content (AvgIpc) is 3.35. The fraction of sp³-hybridized carbons (Fsp3) is 0.522. The Kier molecular flexibility index (Phi) is 5.91. The summed E-state index contributed by atoms with van der Waals surface area (Å²) >= 11 is 1.30. The number of aliphatic hydroxyl groups excluding tert-OH is 1. The third-order valence-corrected chi connectivity index (χ3v) is 7.81. The molecule has 34 heavy (non-hydrogen) atoms. The highest BCUT2D eigenvalue weighted by Crippen LogP contribution is 2.42. The number of pyridine rings is 1. The first-order valence-corrected chi connectivity index (χ1v) is 12.0. The number of fused-ring (bicyclic) bond motifs is 3. The largest absolute Gasteiger partial charge is 0.386 e. The minimum Gasteiger partial charge on any atom is -0.386 e. The molecule has 0 spiro atoms. The van der Waals surface area contributed by atoms with E-state index in [1.165, 1.54) is 15.9 Å². The van der Waals surface area contributed by atoms with E-state index in [0.29, 0.717) is 28.9 Å². The summed E-state index contributed by atoms with van der Waals surface area (Å²) in [5.41, 5.74) is 1.20. The molecule has 8 nitrogen and oxygen atoms in total. The molecule has 11 heteroatoms. The van der Waals surface area contributed by atoms with E-state index in [4.69, 9.17) is 9.47 Å². The van der Waals surface area contributed by atoms with Gasteiger partial charge in [0.25, 0.3) is 12.0 Å². The third-order valence-electron chi connectivity index (χ3n) is 6.46. The van der Waals surface area contributed by atoms with E-state index in [0.717, 1.165) is 16.5 Å². The number of aliphatic hydroxyl groups is 1. The second-order valence-electron chi connectivity index (χ2n) is 9.15. The van der Waals surface area contributed by atoms with Crippen molar-refractivity contribution in [1.29, 1.82) is 0 Å². The zero-order valence-corrected chi connectivity index (χ0v) is 20.0. The first-order chi connectivity index (χ1) is 16.2. The van der Waals surface area contributed by atoms with Crippen LogP contribution in [0, 0.1) is 6.92 Å². The van der Waals surface area contributed by atoms with Crippen molar-refractivity contribution < 1.29 is 23.4 Å². The van der Waals surface area contributed by atoms with Gasteiger partial charge in [-0.25, -0.2) is 18.7 Å². The molecule has 0 aliphatic carbocycles. The number of aryl methyl sites for hydroxylation is 2. The summed E-state index contributed by atoms with van der Waals surface area (Å²) in [4.78, 5) is 22.0. The summed E-state index contributed by atoms with van der Waals surface area (Å²) in [6.45, 7) is 6.22. The second kappa shape index (κ2) is 8.63. The van der Waals surface area contributed by atoms with Gasteiger partial charge in [0.1, 0.15) is 6.10 Å². The van der Waals surface area contributed by atoms with Crippen LogP contribution in [0.1, 0.15) is 49.3 Å². The van der Waals surface area contributed by atoms with Crippen LogP contribution in [-0.4, -0.2) is 50.8 Å². The Morgan fingerprint density at radius 1 is 1.32 bits per heavy atom. The molecule has 0 saturated carbocycles. The summed E-state index contributed by atoms with van der Waals surface area (Å²) in [6.07, 6.45) is -1.23. The summed E-state index contributed by atoms with van der Waals surface area (Å²) in [5.74, 6) is 0.267. The second-order valence-corrected chi connectivity index (χ2v) is 10.2. The zero-order chi connectivity index (χ0) is 24.3. The molecule has 3 aromatic heterocycles. The summed E-state index contributed by atoms with van der Waals surface area (Å²) in [7, 11) is 1.69. The minimum absolute atomic E-state index is 0.0868. The van der Waals surface area contributed by atoms with Crippen LogP contribution in [0.4, 0.5) is 14.7 Å². The lowest BCUT2D eigenvalue weighted by Gasteiger charge is -2.32. The maximum absolute atomic E-state index is 14.0. The molecular weight excluding hydrogens is 466 g/mol. The molecule has 2 saturated heterocycles. The number of anilines is 1. The Bertz CT molecular complexity index is 1310. The number of hydrogen-bond donors (Lipinski definition) is 2. The number of ether oxygens (including phenoxy) is 2. The third kappa shape index (κ3) is 3.80. The van der Waals surface area contributed by atoms with Gasteiger partial charge in [0.05, 0.1) is 40.3 Å². The molecule has 0 radical (unpaired) electrons. The van der Waals surface area contributed by atoms with E-state index < -0.39 is 24.9 Å². The fourth-order valence-electron chi connectivity index (χ4n) is 4.61. The number of thiophene rings is 1.